The van der Waals surface area contributed by atoms with E-state index in [9.17, 15) is 4.79 Å². The molecular weight excluding hydrogens is 274 g/mol. The number of amides is 1. The van der Waals surface area contributed by atoms with Crippen LogP contribution in [0.4, 0.5) is 0 Å². The maximum absolute atomic E-state index is 12.2. The number of nitrogens with one attached hydrogen (secondary N) is 1. The van der Waals surface area contributed by atoms with E-state index in [1.54, 1.807) is 7.11 Å². The van der Waals surface area contributed by atoms with E-state index in [0.29, 0.717) is 6.42 Å². The Labute approximate surface area is 132 Å². The van der Waals surface area contributed by atoms with Gasteiger partial charge in [0.1, 0.15) is 5.75 Å². The molecule has 0 radical (unpaired) electrons. The van der Waals surface area contributed by atoms with Crippen LogP contribution in [0.3, 0.4) is 0 Å². The van der Waals surface area contributed by atoms with Crippen LogP contribution in [0.2, 0.25) is 0 Å². The van der Waals surface area contributed by atoms with Crippen LogP contribution in [0.5, 0.6) is 5.75 Å². The van der Waals surface area contributed by atoms with Crippen LogP contribution in [0.25, 0.3) is 0 Å². The molecule has 1 amide bonds. The van der Waals surface area contributed by atoms with Gasteiger partial charge >= 0.3 is 0 Å². The summed E-state index contributed by atoms with van der Waals surface area (Å²) >= 11 is 0. The molecule has 2 rings (SSSR count). The fourth-order valence-electron chi connectivity index (χ4n) is 2.50. The molecular formula is C19H23NO2. The van der Waals surface area contributed by atoms with Gasteiger partial charge in [-0.3, -0.25) is 4.79 Å². The molecule has 2 aromatic carbocycles. The summed E-state index contributed by atoms with van der Waals surface area (Å²) in [7, 11) is 1.63. The van der Waals surface area contributed by atoms with Crippen LogP contribution < -0.4 is 10.1 Å². The van der Waals surface area contributed by atoms with Crippen LogP contribution in [0.1, 0.15) is 25.0 Å². The average Bonchev–Trinajstić information content (AvgIpc) is 2.47. The fraction of sp³-hybridized carbons (Fsp3) is 0.316. The topological polar surface area (TPSA) is 38.3 Å². The summed E-state index contributed by atoms with van der Waals surface area (Å²) in [6, 6.07) is 17.8. The lowest BCUT2D eigenvalue weighted by atomic mass is 9.94. The maximum atomic E-state index is 12.2. The van der Waals surface area contributed by atoms with Gasteiger partial charge in [0.25, 0.3) is 0 Å². The van der Waals surface area contributed by atoms with Gasteiger partial charge in [-0.15, -0.1) is 0 Å². The van der Waals surface area contributed by atoms with Crippen LogP contribution in [-0.2, 0) is 17.6 Å². The highest BCUT2D eigenvalue weighted by atomic mass is 16.5. The number of carbonyl (C=O) groups excluding carboxylic acids is 1. The molecule has 3 nitrogen and oxygen atoms in total. The molecule has 0 saturated carbocycles. The molecule has 0 aliphatic carbocycles. The lowest BCUT2D eigenvalue weighted by Crippen LogP contribution is -2.45. The highest BCUT2D eigenvalue weighted by Gasteiger charge is 2.20. The molecule has 1 N–H and O–H groups in total. The Morgan fingerprint density at radius 2 is 1.64 bits per heavy atom. The molecule has 0 spiro atoms. The molecule has 0 atom stereocenters. The smallest absolute Gasteiger partial charge is 0.224 e. The van der Waals surface area contributed by atoms with Gasteiger partial charge in [-0.2, -0.15) is 0 Å². The zero-order chi connectivity index (χ0) is 16.0. The first-order chi connectivity index (χ1) is 10.5. The summed E-state index contributed by atoms with van der Waals surface area (Å²) in [5.41, 5.74) is 1.93. The molecule has 2 aromatic rings. The summed E-state index contributed by atoms with van der Waals surface area (Å²) in [6.45, 7) is 4.10. The maximum Gasteiger partial charge on any atom is 0.224 e. The van der Waals surface area contributed by atoms with Crippen molar-refractivity contribution in [3.8, 4) is 5.75 Å². The number of carbonyl (C=O) groups is 1. The first-order valence-electron chi connectivity index (χ1n) is 7.46. The third-order valence-electron chi connectivity index (χ3n) is 3.49. The van der Waals surface area contributed by atoms with Crippen molar-refractivity contribution in [1.82, 2.24) is 5.32 Å². The summed E-state index contributed by atoms with van der Waals surface area (Å²) in [6.07, 6.45) is 1.18. The largest absolute Gasteiger partial charge is 0.497 e. The van der Waals surface area contributed by atoms with Gasteiger partial charge in [-0.25, -0.2) is 0 Å². The van der Waals surface area contributed by atoms with Crippen molar-refractivity contribution in [3.05, 3.63) is 65.7 Å². The van der Waals surface area contributed by atoms with Crippen molar-refractivity contribution in [1.29, 1.82) is 0 Å². The van der Waals surface area contributed by atoms with Crippen molar-refractivity contribution in [2.45, 2.75) is 32.2 Å². The average molecular weight is 297 g/mol. The van der Waals surface area contributed by atoms with Crippen LogP contribution in [0.15, 0.2) is 54.6 Å². The van der Waals surface area contributed by atoms with E-state index in [1.165, 1.54) is 5.56 Å². The molecule has 0 fully saturated rings. The molecule has 116 valence electrons. The third-order valence-corrected chi connectivity index (χ3v) is 3.49. The SMILES string of the molecule is COc1ccc(CC(=O)NC(C)(C)Cc2ccccc2)cc1. The van der Waals surface area contributed by atoms with Crippen molar-refractivity contribution < 1.29 is 9.53 Å². The van der Waals surface area contributed by atoms with Gasteiger partial charge in [-0.05, 0) is 43.5 Å². The minimum atomic E-state index is -0.273. The van der Waals surface area contributed by atoms with Crippen LogP contribution in [-0.4, -0.2) is 18.6 Å². The van der Waals surface area contributed by atoms with E-state index >= 15 is 0 Å². The first kappa shape index (κ1) is 16.1. The molecule has 0 bridgehead atoms. The minimum absolute atomic E-state index is 0.0334. The van der Waals surface area contributed by atoms with Gasteiger partial charge < -0.3 is 10.1 Å². The molecule has 0 aliphatic heterocycles. The van der Waals surface area contributed by atoms with Crippen LogP contribution >= 0.6 is 0 Å². The monoisotopic (exact) mass is 297 g/mol. The number of hydrogen-bond acceptors (Lipinski definition) is 2. The highest BCUT2D eigenvalue weighted by Crippen LogP contribution is 2.14. The fourth-order valence-corrected chi connectivity index (χ4v) is 2.50. The lowest BCUT2D eigenvalue weighted by Gasteiger charge is -2.26. The predicted molar refractivity (Wildman–Crippen MR) is 89.1 cm³/mol. The van der Waals surface area contributed by atoms with Crippen molar-refractivity contribution in [2.24, 2.45) is 0 Å². The summed E-state index contributed by atoms with van der Waals surface area (Å²) in [5.74, 6) is 0.833. The van der Waals surface area contributed by atoms with E-state index in [1.807, 2.05) is 56.3 Å². The van der Waals surface area contributed by atoms with E-state index in [2.05, 4.69) is 17.4 Å². The molecule has 0 saturated heterocycles. The second-order valence-electron chi connectivity index (χ2n) is 6.12. The molecule has 0 heterocycles. The standard InChI is InChI=1S/C19H23NO2/c1-19(2,14-16-7-5-4-6-8-16)20-18(21)13-15-9-11-17(22-3)12-10-15/h4-12H,13-14H2,1-3H3,(H,20,21). The summed E-state index contributed by atoms with van der Waals surface area (Å²) < 4.78 is 5.12. The predicted octanol–water partition coefficient (Wildman–Crippen LogP) is 3.38. The number of hydrogen-bond donors (Lipinski definition) is 1. The minimum Gasteiger partial charge on any atom is -0.497 e. The number of benzene rings is 2. The Bertz CT molecular complexity index is 603. The van der Waals surface area contributed by atoms with Gasteiger partial charge in [0, 0.05) is 5.54 Å². The van der Waals surface area contributed by atoms with E-state index in [0.717, 1.165) is 17.7 Å². The van der Waals surface area contributed by atoms with Gasteiger partial charge in [-0.1, -0.05) is 42.5 Å². The molecule has 22 heavy (non-hydrogen) atoms. The zero-order valence-corrected chi connectivity index (χ0v) is 13.4. The second-order valence-corrected chi connectivity index (χ2v) is 6.12. The Kier molecular flexibility index (Phi) is 5.21. The van der Waals surface area contributed by atoms with Gasteiger partial charge in [0.05, 0.1) is 13.5 Å². The molecule has 0 unspecified atom stereocenters. The number of methoxy groups -OCH3 is 1. The van der Waals surface area contributed by atoms with Crippen LogP contribution in [0, 0.1) is 0 Å². The second kappa shape index (κ2) is 7.12. The lowest BCUT2D eigenvalue weighted by molar-refractivity contribution is -0.122. The quantitative estimate of drug-likeness (QED) is 0.887. The van der Waals surface area contributed by atoms with E-state index in [4.69, 9.17) is 4.74 Å². The van der Waals surface area contributed by atoms with Gasteiger partial charge in [0.2, 0.25) is 5.91 Å². The molecule has 0 aromatic heterocycles. The van der Waals surface area contributed by atoms with Crippen molar-refractivity contribution >= 4 is 5.91 Å². The first-order valence-corrected chi connectivity index (χ1v) is 7.46. The molecule has 0 aliphatic rings. The Hall–Kier alpha value is -2.29. The molecule has 3 heteroatoms. The van der Waals surface area contributed by atoms with Crippen molar-refractivity contribution in [2.75, 3.05) is 7.11 Å². The van der Waals surface area contributed by atoms with E-state index in [-0.39, 0.29) is 11.4 Å². The Morgan fingerprint density at radius 1 is 1.00 bits per heavy atom. The highest BCUT2D eigenvalue weighted by molar-refractivity contribution is 5.79. The number of ether oxygens (including phenoxy) is 1. The van der Waals surface area contributed by atoms with E-state index < -0.39 is 0 Å². The number of rotatable bonds is 6. The normalized spacial score (nSPS) is 11.0. The van der Waals surface area contributed by atoms with Gasteiger partial charge in [0.15, 0.2) is 0 Å². The Balaban J connectivity index is 1.92. The Morgan fingerprint density at radius 3 is 2.23 bits per heavy atom. The van der Waals surface area contributed by atoms with Crippen molar-refractivity contribution in [3.63, 3.8) is 0 Å². The summed E-state index contributed by atoms with van der Waals surface area (Å²) in [5, 5.41) is 3.11. The zero-order valence-electron chi connectivity index (χ0n) is 13.4. The summed E-state index contributed by atoms with van der Waals surface area (Å²) in [4.78, 5) is 12.2. The third kappa shape index (κ3) is 4.92.